The molecule has 2 rings (SSSR count). The van der Waals surface area contributed by atoms with Gasteiger partial charge >= 0.3 is 0 Å². The van der Waals surface area contributed by atoms with Gasteiger partial charge in [0.25, 0.3) is 0 Å². The maximum atomic E-state index is 3.55. The molecule has 0 radical (unpaired) electrons. The number of rotatable bonds is 5. The van der Waals surface area contributed by atoms with E-state index in [1.54, 1.807) is 0 Å². The fourth-order valence-electron chi connectivity index (χ4n) is 3.21. The molecular weight excluding hydrogens is 208 g/mol. The van der Waals surface area contributed by atoms with Gasteiger partial charge in [0.1, 0.15) is 0 Å². The third-order valence-corrected chi connectivity index (χ3v) is 5.08. The lowest BCUT2D eigenvalue weighted by Crippen LogP contribution is -2.48. The molecule has 2 fully saturated rings. The summed E-state index contributed by atoms with van der Waals surface area (Å²) >= 11 is 0. The molecule has 1 heterocycles. The molecule has 1 saturated carbocycles. The minimum atomic E-state index is 0.617. The summed E-state index contributed by atoms with van der Waals surface area (Å²) in [5, 5.41) is 3.55. The van der Waals surface area contributed by atoms with E-state index in [1.807, 2.05) is 0 Å². The third kappa shape index (κ3) is 3.23. The first-order valence-corrected chi connectivity index (χ1v) is 7.49. The van der Waals surface area contributed by atoms with E-state index in [1.165, 1.54) is 45.3 Å². The van der Waals surface area contributed by atoms with E-state index >= 15 is 0 Å². The van der Waals surface area contributed by atoms with Crippen LogP contribution in [0.2, 0.25) is 0 Å². The van der Waals surface area contributed by atoms with Crippen LogP contribution in [-0.2, 0) is 0 Å². The summed E-state index contributed by atoms with van der Waals surface area (Å²) in [6, 6.07) is 1.44. The van der Waals surface area contributed by atoms with Crippen molar-refractivity contribution in [2.75, 3.05) is 19.6 Å². The summed E-state index contributed by atoms with van der Waals surface area (Å²) in [4.78, 5) is 2.75. The van der Waals surface area contributed by atoms with Crippen molar-refractivity contribution in [3.8, 4) is 0 Å². The normalized spacial score (nSPS) is 29.6. The highest BCUT2D eigenvalue weighted by Crippen LogP contribution is 2.50. The lowest BCUT2D eigenvalue weighted by Gasteiger charge is -2.40. The molecule has 0 spiro atoms. The first-order chi connectivity index (χ1) is 8.03. The van der Waals surface area contributed by atoms with E-state index in [0.717, 1.165) is 12.0 Å². The zero-order valence-corrected chi connectivity index (χ0v) is 12.1. The SMILES string of the molecule is CC(C)N(CC1CCCNC1)C(C)C1(C)CC1. The van der Waals surface area contributed by atoms with E-state index in [4.69, 9.17) is 0 Å². The standard InChI is InChI=1S/C15H30N2/c1-12(2)17(13(3)15(4)7-8-15)11-14-6-5-9-16-10-14/h12-14,16H,5-11H2,1-4H3. The Balaban J connectivity index is 1.92. The van der Waals surface area contributed by atoms with Gasteiger partial charge in [-0.3, -0.25) is 4.90 Å². The van der Waals surface area contributed by atoms with Crippen molar-refractivity contribution < 1.29 is 0 Å². The summed E-state index contributed by atoms with van der Waals surface area (Å²) < 4.78 is 0. The predicted molar refractivity (Wildman–Crippen MR) is 74.2 cm³/mol. The molecular formula is C15H30N2. The Labute approximate surface area is 107 Å². The predicted octanol–water partition coefficient (Wildman–Crippen LogP) is 2.89. The zero-order chi connectivity index (χ0) is 12.5. The molecule has 1 N–H and O–H groups in total. The lowest BCUT2D eigenvalue weighted by atomic mass is 9.93. The third-order valence-electron chi connectivity index (χ3n) is 5.08. The van der Waals surface area contributed by atoms with Crippen LogP contribution in [0.25, 0.3) is 0 Å². The maximum absolute atomic E-state index is 3.55. The average molecular weight is 238 g/mol. The molecule has 2 aliphatic rings. The van der Waals surface area contributed by atoms with Gasteiger partial charge in [-0.15, -0.1) is 0 Å². The molecule has 17 heavy (non-hydrogen) atoms. The Kier molecular flexibility index (Phi) is 4.14. The quantitative estimate of drug-likeness (QED) is 0.792. The Morgan fingerprint density at radius 3 is 2.47 bits per heavy atom. The molecule has 2 heteroatoms. The highest BCUT2D eigenvalue weighted by molar-refractivity contribution is 4.98. The van der Waals surface area contributed by atoms with Crippen LogP contribution in [0, 0.1) is 11.3 Å². The number of hydrogen-bond acceptors (Lipinski definition) is 2. The fraction of sp³-hybridized carbons (Fsp3) is 1.00. The van der Waals surface area contributed by atoms with Crippen molar-refractivity contribution in [3.63, 3.8) is 0 Å². The Hall–Kier alpha value is -0.0800. The molecule has 0 aromatic heterocycles. The first kappa shape index (κ1) is 13.4. The monoisotopic (exact) mass is 238 g/mol. The number of nitrogens with one attached hydrogen (secondary N) is 1. The highest BCUT2D eigenvalue weighted by Gasteiger charge is 2.45. The average Bonchev–Trinajstić information content (AvgIpc) is 3.06. The van der Waals surface area contributed by atoms with E-state index in [0.29, 0.717) is 11.5 Å². The number of hydrogen-bond donors (Lipinski definition) is 1. The summed E-state index contributed by atoms with van der Waals surface area (Å²) in [5.74, 6) is 0.871. The van der Waals surface area contributed by atoms with Crippen molar-refractivity contribution in [3.05, 3.63) is 0 Å². The van der Waals surface area contributed by atoms with Crippen molar-refractivity contribution in [2.45, 2.75) is 65.5 Å². The first-order valence-electron chi connectivity index (χ1n) is 7.49. The molecule has 0 aromatic rings. The van der Waals surface area contributed by atoms with Gasteiger partial charge < -0.3 is 5.32 Å². The summed E-state index contributed by atoms with van der Waals surface area (Å²) in [7, 11) is 0. The largest absolute Gasteiger partial charge is 0.316 e. The van der Waals surface area contributed by atoms with Crippen LogP contribution >= 0.6 is 0 Å². The van der Waals surface area contributed by atoms with E-state index < -0.39 is 0 Å². The molecule has 0 bridgehead atoms. The Morgan fingerprint density at radius 2 is 2.00 bits per heavy atom. The number of nitrogens with zero attached hydrogens (tertiary/aromatic N) is 1. The van der Waals surface area contributed by atoms with Crippen LogP contribution in [0.4, 0.5) is 0 Å². The molecule has 0 amide bonds. The van der Waals surface area contributed by atoms with Crippen molar-refractivity contribution >= 4 is 0 Å². The lowest BCUT2D eigenvalue weighted by molar-refractivity contribution is 0.0874. The van der Waals surface area contributed by atoms with Gasteiger partial charge in [-0.1, -0.05) is 6.92 Å². The molecule has 1 aliphatic heterocycles. The molecule has 2 nitrogen and oxygen atoms in total. The van der Waals surface area contributed by atoms with Crippen molar-refractivity contribution in [1.82, 2.24) is 10.2 Å². The zero-order valence-electron chi connectivity index (χ0n) is 12.1. The minimum absolute atomic E-state index is 0.617. The molecule has 1 saturated heterocycles. The van der Waals surface area contributed by atoms with E-state index in [2.05, 4.69) is 37.9 Å². The molecule has 1 aliphatic carbocycles. The van der Waals surface area contributed by atoms with Crippen LogP contribution in [0.5, 0.6) is 0 Å². The second-order valence-electron chi connectivity index (χ2n) is 6.83. The van der Waals surface area contributed by atoms with Gasteiger partial charge in [0, 0.05) is 18.6 Å². The molecule has 0 aromatic carbocycles. The van der Waals surface area contributed by atoms with Gasteiger partial charge in [-0.2, -0.15) is 0 Å². The second-order valence-corrected chi connectivity index (χ2v) is 6.83. The van der Waals surface area contributed by atoms with Gasteiger partial charge in [0.2, 0.25) is 0 Å². The van der Waals surface area contributed by atoms with Crippen LogP contribution in [-0.4, -0.2) is 36.6 Å². The topological polar surface area (TPSA) is 15.3 Å². The maximum Gasteiger partial charge on any atom is 0.0124 e. The second kappa shape index (κ2) is 5.27. The van der Waals surface area contributed by atoms with Crippen LogP contribution in [0.1, 0.15) is 53.4 Å². The Bertz CT molecular complexity index is 239. The van der Waals surface area contributed by atoms with Crippen LogP contribution in [0.3, 0.4) is 0 Å². The highest BCUT2D eigenvalue weighted by atomic mass is 15.2. The minimum Gasteiger partial charge on any atom is -0.316 e. The van der Waals surface area contributed by atoms with Gasteiger partial charge in [-0.05, 0) is 70.9 Å². The summed E-state index contributed by atoms with van der Waals surface area (Å²) in [5.41, 5.74) is 0.617. The van der Waals surface area contributed by atoms with Crippen LogP contribution < -0.4 is 5.32 Å². The number of piperidine rings is 1. The van der Waals surface area contributed by atoms with Gasteiger partial charge in [0.15, 0.2) is 0 Å². The summed E-state index contributed by atoms with van der Waals surface area (Å²) in [6.45, 7) is 13.4. The van der Waals surface area contributed by atoms with Crippen LogP contribution in [0.15, 0.2) is 0 Å². The molecule has 2 atom stereocenters. The van der Waals surface area contributed by atoms with E-state index in [9.17, 15) is 0 Å². The molecule has 100 valence electrons. The van der Waals surface area contributed by atoms with Crippen molar-refractivity contribution in [1.29, 1.82) is 0 Å². The van der Waals surface area contributed by atoms with Gasteiger partial charge in [-0.25, -0.2) is 0 Å². The molecule has 2 unspecified atom stereocenters. The van der Waals surface area contributed by atoms with Gasteiger partial charge in [0.05, 0.1) is 0 Å². The fourth-order valence-corrected chi connectivity index (χ4v) is 3.21. The smallest absolute Gasteiger partial charge is 0.0124 e. The van der Waals surface area contributed by atoms with E-state index in [-0.39, 0.29) is 0 Å². The van der Waals surface area contributed by atoms with Crippen molar-refractivity contribution in [2.24, 2.45) is 11.3 Å². The summed E-state index contributed by atoms with van der Waals surface area (Å²) in [6.07, 6.45) is 5.64. The Morgan fingerprint density at radius 1 is 1.29 bits per heavy atom.